The fourth-order valence-electron chi connectivity index (χ4n) is 3.54. The summed E-state index contributed by atoms with van der Waals surface area (Å²) in [6, 6.07) is 9.40. The highest BCUT2D eigenvalue weighted by Gasteiger charge is 2.24. The predicted molar refractivity (Wildman–Crippen MR) is 126 cm³/mol. The monoisotopic (exact) mass is 471 g/mol. The van der Waals surface area contributed by atoms with Crippen molar-refractivity contribution in [3.63, 3.8) is 0 Å². The number of carboxylic acids is 1. The molecule has 2 aromatic rings. The highest BCUT2D eigenvalue weighted by Crippen LogP contribution is 2.38. The summed E-state index contributed by atoms with van der Waals surface area (Å²) in [6.07, 6.45) is 4.31. The lowest BCUT2D eigenvalue weighted by molar-refractivity contribution is -0.138. The number of hydrogen-bond donors (Lipinski definition) is 3. The third-order valence-electron chi connectivity index (χ3n) is 5.15. The molecule has 1 heterocycles. The smallest absolute Gasteiger partial charge is 0.303 e. The van der Waals surface area contributed by atoms with Crippen LogP contribution < -0.4 is 10.6 Å². The highest BCUT2D eigenvalue weighted by molar-refractivity contribution is 8.00. The second-order valence-electron chi connectivity index (χ2n) is 7.50. The first-order valence-corrected chi connectivity index (χ1v) is 12.2. The molecule has 0 saturated heterocycles. The van der Waals surface area contributed by atoms with Gasteiger partial charge in [0.1, 0.15) is 11.1 Å². The van der Waals surface area contributed by atoms with E-state index in [1.165, 1.54) is 28.0 Å². The fourth-order valence-corrected chi connectivity index (χ4v) is 5.80. The van der Waals surface area contributed by atoms with Crippen molar-refractivity contribution < 1.29 is 19.5 Å². The molecule has 0 fully saturated rings. The molecule has 7 nitrogen and oxygen atoms in total. The molecule has 0 spiro atoms. The van der Waals surface area contributed by atoms with Crippen molar-refractivity contribution in [1.29, 1.82) is 5.26 Å². The average Bonchev–Trinajstić information content (AvgIpc) is 3.13. The lowest BCUT2D eigenvalue weighted by Crippen LogP contribution is -2.24. The third-order valence-corrected chi connectivity index (χ3v) is 7.71. The van der Waals surface area contributed by atoms with E-state index in [1.807, 2.05) is 13.0 Å². The zero-order valence-corrected chi connectivity index (χ0v) is 19.4. The highest BCUT2D eigenvalue weighted by atomic mass is 32.2. The minimum absolute atomic E-state index is 0.0985. The maximum Gasteiger partial charge on any atom is 0.303 e. The zero-order valence-electron chi connectivity index (χ0n) is 17.8. The number of nitrogens with one attached hydrogen (secondary N) is 2. The summed E-state index contributed by atoms with van der Waals surface area (Å²) in [5, 5.41) is 24.3. The Morgan fingerprint density at radius 2 is 2.00 bits per heavy atom. The topological polar surface area (TPSA) is 119 Å². The Labute approximate surface area is 195 Å². The van der Waals surface area contributed by atoms with Gasteiger partial charge in [0.2, 0.25) is 11.8 Å². The molecule has 32 heavy (non-hydrogen) atoms. The van der Waals surface area contributed by atoms with Crippen LogP contribution in [-0.2, 0) is 27.2 Å². The number of benzene rings is 1. The Balaban J connectivity index is 1.66. The molecular weight excluding hydrogens is 446 g/mol. The van der Waals surface area contributed by atoms with Gasteiger partial charge in [-0.15, -0.1) is 23.1 Å². The number of carboxylic acid groups (broad SMARTS) is 1. The number of fused-ring (bicyclic) bond motifs is 1. The normalized spacial score (nSPS) is 13.5. The van der Waals surface area contributed by atoms with Crippen LogP contribution in [0.4, 0.5) is 10.7 Å². The Hall–Kier alpha value is -2.83. The van der Waals surface area contributed by atoms with E-state index < -0.39 is 5.97 Å². The van der Waals surface area contributed by atoms with Crippen molar-refractivity contribution in [3.05, 3.63) is 40.3 Å². The van der Waals surface area contributed by atoms with E-state index in [2.05, 4.69) is 16.7 Å². The molecule has 3 rings (SSSR count). The molecule has 1 aliphatic rings. The van der Waals surface area contributed by atoms with Gasteiger partial charge in [-0.1, -0.05) is 13.0 Å². The average molecular weight is 472 g/mol. The Bertz CT molecular complexity index is 1060. The first-order chi connectivity index (χ1) is 15.4. The Morgan fingerprint density at radius 1 is 1.22 bits per heavy atom. The van der Waals surface area contributed by atoms with Crippen LogP contribution in [0.1, 0.15) is 55.0 Å². The van der Waals surface area contributed by atoms with Gasteiger partial charge in [-0.3, -0.25) is 14.4 Å². The molecule has 168 valence electrons. The number of rotatable bonds is 9. The summed E-state index contributed by atoms with van der Waals surface area (Å²) in [5.41, 5.74) is 2.24. The number of anilines is 2. The van der Waals surface area contributed by atoms with Crippen LogP contribution in [-0.4, -0.2) is 28.1 Å². The third kappa shape index (κ3) is 6.11. The lowest BCUT2D eigenvalue weighted by Gasteiger charge is -2.15. The largest absolute Gasteiger partial charge is 0.481 e. The lowest BCUT2D eigenvalue weighted by atomic mass is 9.96. The van der Waals surface area contributed by atoms with E-state index >= 15 is 0 Å². The molecule has 1 aliphatic carbocycles. The molecule has 1 atom stereocenters. The molecule has 1 aromatic carbocycles. The number of carbonyl (C=O) groups is 3. The van der Waals surface area contributed by atoms with Crippen LogP contribution >= 0.6 is 23.1 Å². The molecule has 1 unspecified atom stereocenters. The second-order valence-corrected chi connectivity index (χ2v) is 9.88. The molecular formula is C23H25N3O4S2. The van der Waals surface area contributed by atoms with E-state index in [-0.39, 0.29) is 29.9 Å². The maximum atomic E-state index is 13.0. The molecule has 0 saturated carbocycles. The van der Waals surface area contributed by atoms with Crippen LogP contribution in [0.3, 0.4) is 0 Å². The van der Waals surface area contributed by atoms with Gasteiger partial charge in [-0.25, -0.2) is 0 Å². The quantitative estimate of drug-likeness (QED) is 0.452. The van der Waals surface area contributed by atoms with Crippen molar-refractivity contribution in [2.45, 2.75) is 62.0 Å². The van der Waals surface area contributed by atoms with Crippen LogP contribution in [0.15, 0.2) is 29.2 Å². The molecule has 3 N–H and O–H groups in total. The van der Waals surface area contributed by atoms with Crippen molar-refractivity contribution >= 4 is 51.6 Å². The minimum atomic E-state index is -1.02. The van der Waals surface area contributed by atoms with Crippen molar-refractivity contribution in [1.82, 2.24) is 0 Å². The van der Waals surface area contributed by atoms with Gasteiger partial charge in [0, 0.05) is 21.9 Å². The number of nitriles is 1. The van der Waals surface area contributed by atoms with E-state index in [4.69, 9.17) is 5.11 Å². The summed E-state index contributed by atoms with van der Waals surface area (Å²) >= 11 is 2.90. The van der Waals surface area contributed by atoms with Gasteiger partial charge < -0.3 is 15.7 Å². The second kappa shape index (κ2) is 11.2. The molecule has 0 radical (unpaired) electrons. The fraction of sp³-hybridized carbons (Fsp3) is 0.391. The SMILES string of the molecule is CCC(Sc1cccc(NC(=O)CCC(=O)O)c1)C(=O)Nc1sc2c(c1C#N)CCCC2. The number of nitrogens with zero attached hydrogens (tertiary/aromatic N) is 1. The van der Waals surface area contributed by atoms with Gasteiger partial charge in [-0.2, -0.15) is 5.26 Å². The molecule has 0 bridgehead atoms. The summed E-state index contributed by atoms with van der Waals surface area (Å²) in [4.78, 5) is 37.5. The number of aryl methyl sites for hydroxylation is 1. The van der Waals surface area contributed by atoms with Crippen LogP contribution in [0.2, 0.25) is 0 Å². The first-order valence-electron chi connectivity index (χ1n) is 10.5. The summed E-state index contributed by atoms with van der Waals surface area (Å²) in [7, 11) is 0. The Kier molecular flexibility index (Phi) is 8.31. The van der Waals surface area contributed by atoms with Crippen molar-refractivity contribution in [2.75, 3.05) is 10.6 Å². The van der Waals surface area contributed by atoms with Gasteiger partial charge >= 0.3 is 5.97 Å². The minimum Gasteiger partial charge on any atom is -0.481 e. The van der Waals surface area contributed by atoms with E-state index in [9.17, 15) is 19.6 Å². The summed E-state index contributed by atoms with van der Waals surface area (Å²) in [5.74, 6) is -1.54. The van der Waals surface area contributed by atoms with Gasteiger partial charge in [0.05, 0.1) is 17.2 Å². The number of thiophene rings is 1. The number of carbonyl (C=O) groups excluding carboxylic acids is 2. The molecule has 1 aromatic heterocycles. The van der Waals surface area contributed by atoms with Gasteiger partial charge in [0.15, 0.2) is 0 Å². The van der Waals surface area contributed by atoms with Crippen LogP contribution in [0.5, 0.6) is 0 Å². The molecule has 9 heteroatoms. The van der Waals surface area contributed by atoms with Crippen molar-refractivity contribution in [2.24, 2.45) is 0 Å². The number of amides is 2. The van der Waals surface area contributed by atoms with Crippen LogP contribution in [0, 0.1) is 11.3 Å². The Morgan fingerprint density at radius 3 is 2.72 bits per heavy atom. The summed E-state index contributed by atoms with van der Waals surface area (Å²) in [6.45, 7) is 1.93. The molecule has 0 aliphatic heterocycles. The van der Waals surface area contributed by atoms with E-state index in [0.29, 0.717) is 22.7 Å². The predicted octanol–water partition coefficient (Wildman–Crippen LogP) is 4.81. The summed E-state index contributed by atoms with van der Waals surface area (Å²) < 4.78 is 0. The zero-order chi connectivity index (χ0) is 23.1. The van der Waals surface area contributed by atoms with E-state index in [1.54, 1.807) is 18.2 Å². The number of aliphatic carboxylic acids is 1. The molecule has 2 amide bonds. The number of hydrogen-bond acceptors (Lipinski definition) is 6. The van der Waals surface area contributed by atoms with E-state index in [0.717, 1.165) is 36.1 Å². The van der Waals surface area contributed by atoms with Crippen LogP contribution in [0.25, 0.3) is 0 Å². The van der Waals surface area contributed by atoms with Crippen molar-refractivity contribution in [3.8, 4) is 6.07 Å². The number of thioether (sulfide) groups is 1. The first kappa shape index (κ1) is 23.8. The maximum absolute atomic E-state index is 13.0. The van der Waals surface area contributed by atoms with Gasteiger partial charge in [0.25, 0.3) is 0 Å². The standard InChI is InChI=1S/C23H25N3O4S2/c1-2-18(22(30)26-23-17(13-24)16-8-3-4-9-19(16)32-23)31-15-7-5-6-14(12-15)25-20(27)10-11-21(28)29/h5-7,12,18H,2-4,8-11H2,1H3,(H,25,27)(H,26,30)(H,28,29). The van der Waals surface area contributed by atoms with Gasteiger partial charge in [-0.05, 0) is 55.9 Å².